The van der Waals surface area contributed by atoms with E-state index in [9.17, 15) is 18.0 Å². The monoisotopic (exact) mass is 447 g/mol. The lowest BCUT2D eigenvalue weighted by atomic mass is 10.1. The van der Waals surface area contributed by atoms with E-state index in [2.05, 4.69) is 10.4 Å². The lowest BCUT2D eigenvalue weighted by Gasteiger charge is -2.29. The largest absolute Gasteiger partial charge is 0.378 e. The van der Waals surface area contributed by atoms with Crippen LogP contribution in [0.2, 0.25) is 0 Å². The van der Waals surface area contributed by atoms with Crippen molar-refractivity contribution in [3.05, 3.63) is 41.2 Å². The number of ether oxygens (including phenoxy) is 1. The number of carbonyl (C=O) groups excluding carboxylic acids is 2. The van der Waals surface area contributed by atoms with Crippen LogP contribution >= 0.6 is 0 Å². The van der Waals surface area contributed by atoms with Crippen molar-refractivity contribution in [1.29, 1.82) is 0 Å². The van der Waals surface area contributed by atoms with Crippen molar-refractivity contribution >= 4 is 27.5 Å². The fourth-order valence-electron chi connectivity index (χ4n) is 3.92. The third-order valence-corrected chi connectivity index (χ3v) is 7.38. The van der Waals surface area contributed by atoms with Gasteiger partial charge in [0.2, 0.25) is 15.9 Å². The first-order chi connectivity index (χ1) is 14.8. The van der Waals surface area contributed by atoms with Crippen LogP contribution in [0.5, 0.6) is 0 Å². The van der Waals surface area contributed by atoms with Gasteiger partial charge < -0.3 is 15.0 Å². The summed E-state index contributed by atoms with van der Waals surface area (Å²) < 4.78 is 34.8. The maximum atomic E-state index is 13.2. The highest BCUT2D eigenvalue weighted by Crippen LogP contribution is 2.28. The summed E-state index contributed by atoms with van der Waals surface area (Å²) in [6.07, 6.45) is 0.471. The molecule has 1 aromatic heterocycles. The van der Waals surface area contributed by atoms with Gasteiger partial charge in [0.15, 0.2) is 5.69 Å². The van der Waals surface area contributed by atoms with Crippen molar-refractivity contribution in [2.24, 2.45) is 7.05 Å². The molecule has 1 fully saturated rings. The van der Waals surface area contributed by atoms with E-state index >= 15 is 0 Å². The molecule has 4 rings (SSSR count). The second-order valence-corrected chi connectivity index (χ2v) is 9.53. The molecule has 11 heteroatoms. The van der Waals surface area contributed by atoms with E-state index < -0.39 is 10.0 Å². The molecule has 0 spiro atoms. The number of fused-ring (bicyclic) bond motifs is 1. The molecule has 1 aromatic carbocycles. The van der Waals surface area contributed by atoms with Gasteiger partial charge in [-0.2, -0.15) is 9.40 Å². The molecule has 0 unspecified atom stereocenters. The quantitative estimate of drug-likeness (QED) is 0.734. The van der Waals surface area contributed by atoms with Gasteiger partial charge in [0, 0.05) is 63.5 Å². The van der Waals surface area contributed by atoms with Gasteiger partial charge >= 0.3 is 0 Å². The van der Waals surface area contributed by atoms with E-state index in [1.165, 1.54) is 23.4 Å². The Morgan fingerprint density at radius 2 is 1.77 bits per heavy atom. The van der Waals surface area contributed by atoms with Gasteiger partial charge in [-0.25, -0.2) is 8.42 Å². The molecule has 2 amide bonds. The molecule has 0 atom stereocenters. The van der Waals surface area contributed by atoms with Gasteiger partial charge in [0.1, 0.15) is 0 Å². The highest BCUT2D eigenvalue weighted by Gasteiger charge is 2.34. The zero-order valence-corrected chi connectivity index (χ0v) is 18.3. The Hall–Kier alpha value is -2.76. The van der Waals surface area contributed by atoms with E-state index in [1.54, 1.807) is 28.8 Å². The Morgan fingerprint density at radius 1 is 1.10 bits per heavy atom. The van der Waals surface area contributed by atoms with E-state index in [4.69, 9.17) is 4.74 Å². The number of sulfonamides is 1. The van der Waals surface area contributed by atoms with Crippen LogP contribution in [0, 0.1) is 0 Å². The van der Waals surface area contributed by atoms with Crippen LogP contribution < -0.4 is 5.32 Å². The van der Waals surface area contributed by atoms with Crippen molar-refractivity contribution < 1.29 is 22.7 Å². The summed E-state index contributed by atoms with van der Waals surface area (Å²) >= 11 is 0. The number of nitrogens with zero attached hydrogens (tertiary/aromatic N) is 4. The lowest BCUT2D eigenvalue weighted by molar-refractivity contribution is -0.114. The molecule has 1 N–H and O–H groups in total. The third kappa shape index (κ3) is 4.21. The number of aromatic nitrogens is 2. The van der Waals surface area contributed by atoms with E-state index in [1.807, 2.05) is 0 Å². The zero-order valence-electron chi connectivity index (χ0n) is 17.5. The topological polar surface area (TPSA) is 114 Å². The van der Waals surface area contributed by atoms with Crippen molar-refractivity contribution in [2.45, 2.75) is 24.8 Å². The molecule has 3 heterocycles. The molecule has 2 aliphatic heterocycles. The number of aryl methyl sites for hydroxylation is 1. The summed E-state index contributed by atoms with van der Waals surface area (Å²) in [5, 5.41) is 7.04. The molecule has 166 valence electrons. The van der Waals surface area contributed by atoms with Crippen LogP contribution in [-0.2, 0) is 39.6 Å². The first-order valence-electron chi connectivity index (χ1n) is 10.1. The highest BCUT2D eigenvalue weighted by atomic mass is 32.2. The minimum absolute atomic E-state index is 0.0877. The summed E-state index contributed by atoms with van der Waals surface area (Å²) in [5.41, 5.74) is 2.37. The van der Waals surface area contributed by atoms with E-state index in [-0.39, 0.29) is 23.3 Å². The van der Waals surface area contributed by atoms with Gasteiger partial charge in [0.25, 0.3) is 5.91 Å². The van der Waals surface area contributed by atoms with Crippen molar-refractivity contribution in [3.8, 4) is 0 Å². The third-order valence-electron chi connectivity index (χ3n) is 5.52. The smallest absolute Gasteiger partial charge is 0.274 e. The fourth-order valence-corrected chi connectivity index (χ4v) is 5.33. The number of anilines is 1. The van der Waals surface area contributed by atoms with Crippen molar-refractivity contribution in [2.75, 3.05) is 38.2 Å². The van der Waals surface area contributed by atoms with Crippen LogP contribution in [0.15, 0.2) is 29.2 Å². The second kappa shape index (κ2) is 8.40. The van der Waals surface area contributed by atoms with E-state index in [0.717, 1.165) is 5.69 Å². The minimum atomic E-state index is -3.77. The summed E-state index contributed by atoms with van der Waals surface area (Å²) in [6.45, 7) is 3.72. The first kappa shape index (κ1) is 21.5. The Balaban J connectivity index is 1.59. The lowest BCUT2D eigenvalue weighted by Crippen LogP contribution is -2.42. The van der Waals surface area contributed by atoms with Gasteiger partial charge in [-0.05, 0) is 24.3 Å². The number of benzene rings is 1. The van der Waals surface area contributed by atoms with Gasteiger partial charge in [-0.3, -0.25) is 14.3 Å². The van der Waals surface area contributed by atoms with Crippen LogP contribution in [-0.4, -0.2) is 72.1 Å². The molecule has 0 aliphatic carbocycles. The molecule has 31 heavy (non-hydrogen) atoms. The molecule has 0 bridgehead atoms. The SMILES string of the molecule is CC(=O)Nc1ccc(S(=O)(=O)N2CCc3c(c(C(=O)N4CCOCC4)nn3C)C2)cc1. The summed E-state index contributed by atoms with van der Waals surface area (Å²) in [7, 11) is -1.99. The summed E-state index contributed by atoms with van der Waals surface area (Å²) in [4.78, 5) is 26.0. The van der Waals surface area contributed by atoms with E-state index in [0.29, 0.717) is 56.2 Å². The second-order valence-electron chi connectivity index (χ2n) is 7.60. The van der Waals surface area contributed by atoms with Gasteiger partial charge in [0.05, 0.1) is 18.1 Å². The standard InChI is InChI=1S/C20H25N5O5S/c1-14(26)21-15-3-5-16(6-4-15)31(28,29)25-8-7-18-17(13-25)19(22-23(18)2)20(27)24-9-11-30-12-10-24/h3-6H,7-13H2,1-2H3,(H,21,26). The average molecular weight is 448 g/mol. The highest BCUT2D eigenvalue weighted by molar-refractivity contribution is 7.89. The Morgan fingerprint density at radius 3 is 2.42 bits per heavy atom. The van der Waals surface area contributed by atoms with Crippen LogP contribution in [0.25, 0.3) is 0 Å². The van der Waals surface area contributed by atoms with Crippen LogP contribution in [0.1, 0.15) is 28.7 Å². The Bertz CT molecular complexity index is 1100. The first-order valence-corrected chi connectivity index (χ1v) is 11.5. The molecular weight excluding hydrogens is 422 g/mol. The minimum Gasteiger partial charge on any atom is -0.378 e. The van der Waals surface area contributed by atoms with Crippen LogP contribution in [0.3, 0.4) is 0 Å². The zero-order chi connectivity index (χ0) is 22.2. The fraction of sp³-hybridized carbons (Fsp3) is 0.450. The average Bonchev–Trinajstić information content (AvgIpc) is 3.10. The summed E-state index contributed by atoms with van der Waals surface area (Å²) in [5.74, 6) is -0.424. The molecule has 0 radical (unpaired) electrons. The molecule has 1 saturated heterocycles. The van der Waals surface area contributed by atoms with Gasteiger partial charge in [-0.15, -0.1) is 0 Å². The maximum absolute atomic E-state index is 13.2. The number of hydrogen-bond donors (Lipinski definition) is 1. The number of carbonyl (C=O) groups is 2. The summed E-state index contributed by atoms with van der Waals surface area (Å²) in [6, 6.07) is 6.06. The number of morpholine rings is 1. The molecule has 10 nitrogen and oxygen atoms in total. The molecular formula is C20H25N5O5S. The Kier molecular flexibility index (Phi) is 5.82. The normalized spacial score (nSPS) is 17.3. The number of hydrogen-bond acceptors (Lipinski definition) is 6. The number of nitrogens with one attached hydrogen (secondary N) is 1. The van der Waals surface area contributed by atoms with Crippen molar-refractivity contribution in [1.82, 2.24) is 19.0 Å². The Labute approximate surface area is 180 Å². The van der Waals surface area contributed by atoms with Gasteiger partial charge in [-0.1, -0.05) is 0 Å². The predicted molar refractivity (Wildman–Crippen MR) is 112 cm³/mol. The maximum Gasteiger partial charge on any atom is 0.274 e. The predicted octanol–water partition coefficient (Wildman–Crippen LogP) is 0.598. The number of amides is 2. The van der Waals surface area contributed by atoms with Crippen molar-refractivity contribution in [3.63, 3.8) is 0 Å². The number of rotatable bonds is 4. The molecule has 0 saturated carbocycles. The molecule has 2 aromatic rings. The molecule has 2 aliphatic rings. The van der Waals surface area contributed by atoms with Crippen LogP contribution in [0.4, 0.5) is 5.69 Å².